The third-order valence-corrected chi connectivity index (χ3v) is 18.0. The molecule has 614 valence electrons. The molecule has 8 aromatic rings. The third kappa shape index (κ3) is 37.3. The first kappa shape index (κ1) is 112. The summed E-state index contributed by atoms with van der Waals surface area (Å²) in [6, 6.07) is 40.2. The van der Waals surface area contributed by atoms with Gasteiger partial charge in [-0.05, 0) is 169 Å². The topological polar surface area (TPSA) is 104 Å². The molecule has 8 nitrogen and oxygen atoms in total. The fourth-order valence-corrected chi connectivity index (χ4v) is 10.3. The van der Waals surface area contributed by atoms with Gasteiger partial charge < -0.3 is 9.15 Å². The summed E-state index contributed by atoms with van der Waals surface area (Å²) in [4.78, 5) is 25.6. The van der Waals surface area contributed by atoms with Gasteiger partial charge in [-0.25, -0.2) is 0 Å². The van der Waals surface area contributed by atoms with Gasteiger partial charge in [-0.3, -0.25) is 19.7 Å². The van der Waals surface area contributed by atoms with Crippen LogP contribution in [-0.2, 0) is 38.9 Å². The Morgan fingerprint density at radius 3 is 1.02 bits per heavy atom. The minimum Gasteiger partial charge on any atom is -0.490 e. The van der Waals surface area contributed by atoms with Crippen molar-refractivity contribution in [2.75, 3.05) is 0 Å². The van der Waals surface area contributed by atoms with Crippen molar-refractivity contribution in [3.8, 4) is 5.75 Å². The molecule has 0 spiro atoms. The number of aryl methyl sites for hydroxylation is 1. The van der Waals surface area contributed by atoms with Gasteiger partial charge in [0.15, 0.2) is 5.43 Å². The van der Waals surface area contributed by atoms with E-state index in [1.807, 2.05) is 57.6 Å². The number of pyridine rings is 3. The van der Waals surface area contributed by atoms with Crippen molar-refractivity contribution in [1.82, 2.24) is 25.1 Å². The molecule has 0 saturated heterocycles. The van der Waals surface area contributed by atoms with Gasteiger partial charge in [0.25, 0.3) is 0 Å². The molecule has 1 unspecified atom stereocenters. The Bertz CT molecular complexity index is 3500. The zero-order chi connectivity index (χ0) is 76.4. The minimum atomic E-state index is -0.149. The van der Waals surface area contributed by atoms with Gasteiger partial charge in [0, 0.05) is 58.0 Å². The van der Waals surface area contributed by atoms with Gasteiger partial charge in [0.05, 0.1) is 16.8 Å². The quantitative estimate of drug-likeness (QED) is 0.155. The highest BCUT2D eigenvalue weighted by molar-refractivity contribution is 5.77. The molecule has 0 N–H and O–H groups in total. The second kappa shape index (κ2) is 47.4. The van der Waals surface area contributed by atoms with Gasteiger partial charge in [0.1, 0.15) is 23.2 Å². The number of ether oxygens (including phenoxy) is 1. The van der Waals surface area contributed by atoms with E-state index in [4.69, 9.17) is 9.15 Å². The van der Waals surface area contributed by atoms with E-state index in [9.17, 15) is 4.79 Å². The molecule has 8 heteroatoms. The van der Waals surface area contributed by atoms with Crippen LogP contribution in [0.4, 0.5) is 0 Å². The lowest BCUT2D eigenvalue weighted by Crippen LogP contribution is -2.35. The van der Waals surface area contributed by atoms with Crippen molar-refractivity contribution in [2.24, 2.45) is 5.41 Å². The zero-order valence-corrected chi connectivity index (χ0v) is 69.7. The maximum Gasteiger partial charge on any atom is 0.192 e. The smallest absolute Gasteiger partial charge is 0.192 e. The fourth-order valence-electron chi connectivity index (χ4n) is 10.3. The van der Waals surface area contributed by atoms with Crippen LogP contribution in [0, 0.1) is 5.41 Å². The summed E-state index contributed by atoms with van der Waals surface area (Å²) in [7, 11) is 0. The highest BCUT2D eigenvalue weighted by Gasteiger charge is 2.31. The zero-order valence-electron chi connectivity index (χ0n) is 69.7. The van der Waals surface area contributed by atoms with Crippen LogP contribution in [-0.4, -0.2) is 31.3 Å². The number of rotatable bonds is 7. The molecule has 0 fully saturated rings. The summed E-state index contributed by atoms with van der Waals surface area (Å²) >= 11 is 0. The molecule has 3 aromatic carbocycles. The van der Waals surface area contributed by atoms with Gasteiger partial charge in [-0.1, -0.05) is 362 Å². The highest BCUT2D eigenvalue weighted by Crippen LogP contribution is 2.37. The molecule has 9 rings (SSSR count). The largest absolute Gasteiger partial charge is 0.490 e. The first-order valence-electron chi connectivity index (χ1n) is 37.4. The average molecular weight is 1490 g/mol. The van der Waals surface area contributed by atoms with Gasteiger partial charge in [0.2, 0.25) is 0 Å². The van der Waals surface area contributed by atoms with Crippen LogP contribution in [0.2, 0.25) is 0 Å². The number of benzene rings is 3. The molecule has 0 radical (unpaired) electrons. The molecular formula is C100H171N5O3. The summed E-state index contributed by atoms with van der Waals surface area (Å²) in [5.41, 5.74) is 18.1. The first-order valence-corrected chi connectivity index (χ1v) is 37.4. The predicted octanol–water partition coefficient (Wildman–Crippen LogP) is 31.4. The van der Waals surface area contributed by atoms with Crippen molar-refractivity contribution in [3.63, 3.8) is 0 Å². The normalized spacial score (nSPS) is 12.5. The van der Waals surface area contributed by atoms with Crippen molar-refractivity contribution in [1.29, 1.82) is 0 Å². The van der Waals surface area contributed by atoms with Crippen LogP contribution in [0.3, 0.4) is 0 Å². The van der Waals surface area contributed by atoms with E-state index in [0.717, 1.165) is 47.1 Å². The summed E-state index contributed by atoms with van der Waals surface area (Å²) in [5.74, 6) is 5.53. The molecule has 1 aliphatic heterocycles. The number of nitrogens with zero attached hydrogens (tertiary/aromatic N) is 5. The van der Waals surface area contributed by atoms with Crippen molar-refractivity contribution in [2.45, 2.75) is 395 Å². The Kier molecular flexibility index (Phi) is 49.2. The maximum atomic E-state index is 12.2. The molecule has 0 bridgehead atoms. The molecule has 1 atom stereocenters. The molecule has 0 aliphatic carbocycles. The Labute approximate surface area is 670 Å². The Morgan fingerprint density at radius 2 is 0.704 bits per heavy atom. The van der Waals surface area contributed by atoms with Crippen LogP contribution in [0.5, 0.6) is 5.75 Å². The van der Waals surface area contributed by atoms with E-state index in [0.29, 0.717) is 58.5 Å². The fraction of sp³-hybridized carbons (Fsp3) is 0.600. The second-order valence-corrected chi connectivity index (χ2v) is 37.1. The van der Waals surface area contributed by atoms with Crippen molar-refractivity contribution < 1.29 is 9.15 Å². The summed E-state index contributed by atoms with van der Waals surface area (Å²) in [6.07, 6.45) is 8.62. The molecule has 1 aliphatic rings. The van der Waals surface area contributed by atoms with Gasteiger partial charge >= 0.3 is 0 Å². The molecule has 5 aromatic heterocycles. The molecular weight excluding hydrogens is 1320 g/mol. The first-order chi connectivity index (χ1) is 45.7. The Hall–Kier alpha value is -6.80. The second-order valence-electron chi connectivity index (χ2n) is 37.1. The predicted molar refractivity (Wildman–Crippen MR) is 487 cm³/mol. The Balaban J connectivity index is -0.000000279. The average Bonchev–Trinajstić information content (AvgIpc) is 0.794. The van der Waals surface area contributed by atoms with Crippen LogP contribution >= 0.6 is 0 Å². The maximum absolute atomic E-state index is 12.2. The molecule has 6 heterocycles. The van der Waals surface area contributed by atoms with Crippen molar-refractivity contribution in [3.05, 3.63) is 223 Å². The van der Waals surface area contributed by atoms with E-state index >= 15 is 0 Å². The number of aromatic nitrogens is 5. The molecule has 108 heavy (non-hydrogen) atoms. The van der Waals surface area contributed by atoms with Crippen molar-refractivity contribution >= 4 is 11.0 Å². The third-order valence-electron chi connectivity index (χ3n) is 18.0. The summed E-state index contributed by atoms with van der Waals surface area (Å²) in [6.45, 7) is 76.4. The van der Waals surface area contributed by atoms with Crippen LogP contribution in [0.15, 0.2) is 143 Å². The van der Waals surface area contributed by atoms with Crippen LogP contribution < -0.4 is 10.2 Å². The van der Waals surface area contributed by atoms with E-state index in [1.54, 1.807) is 6.07 Å². The number of fused-ring (bicyclic) bond motifs is 2. The monoisotopic (exact) mass is 1490 g/mol. The lowest BCUT2D eigenvalue weighted by Gasteiger charge is -2.35. The molecule has 0 saturated carbocycles. The van der Waals surface area contributed by atoms with E-state index in [1.165, 1.54) is 50.2 Å². The lowest BCUT2D eigenvalue weighted by molar-refractivity contribution is 0.0674. The number of hydrogen-bond acceptors (Lipinski definition) is 8. The Morgan fingerprint density at radius 1 is 0.343 bits per heavy atom. The van der Waals surface area contributed by atoms with E-state index in [-0.39, 0.29) is 103 Å². The van der Waals surface area contributed by atoms with Crippen LogP contribution in [0.1, 0.15) is 428 Å². The minimum absolute atomic E-state index is 0. The highest BCUT2D eigenvalue weighted by atomic mass is 16.5. The standard InChI is InChI=1S/C16H20O2.C16H24O.2C13H21N.C13H20.C11H17N.C10H16N2.8CH4/c1-10(2)11-6-7-14-12(8-11)13(17)9-15(18-14)16(3,4)5;1-11(2)12-6-8-14-13(10-12)7-9-15(17-14)16(3,4)5;2*1-12(2,3)10-7-8-11(14-9-10)13(4,5)6;1-10(2)11-6-8-12(9-7-11)13(3,4)5;1-8(2)10-5-6-11(9(3)4)12-7-10;1-7(2)9-5-6-10(8(3)4)12-11-9;;;;;;;;/h6-10H,1-5H3;6,8,10-11,15H,7,9H2,1-5H3;2*7-9H,1-6H3;6-10H,1-5H3;5-9H,1-4H3;5-8H,1-4H3;8*1H4. The van der Waals surface area contributed by atoms with Gasteiger partial charge in [-0.15, -0.1) is 0 Å². The van der Waals surface area contributed by atoms with Crippen LogP contribution in [0.25, 0.3) is 11.0 Å². The molecule has 0 amide bonds. The summed E-state index contributed by atoms with van der Waals surface area (Å²) in [5, 5.41) is 8.97. The van der Waals surface area contributed by atoms with Gasteiger partial charge in [-0.2, -0.15) is 10.2 Å². The van der Waals surface area contributed by atoms with E-state index in [2.05, 4.69) is 338 Å². The van der Waals surface area contributed by atoms with E-state index < -0.39 is 0 Å². The SMILES string of the molecule is C.C.C.C.C.C.C.C.CC(C)(C)c1ccc(C(C)(C)C)nc1.CC(C)(C)c1ccc(C(C)(C)C)nc1.CC(C)c1ccc(C(C)(C)C)cc1.CC(C)c1ccc(C(C)C)nc1.CC(C)c1ccc(C(C)C)nn1.CC(C)c1ccc2c(c1)CCC(C(C)(C)C)O2.CC(C)c1ccc2oc(C(C)(C)C)cc(=O)c2c1. The lowest BCUT2D eigenvalue weighted by atomic mass is 9.83. The number of hydrogen-bond donors (Lipinski definition) is 0. The summed E-state index contributed by atoms with van der Waals surface area (Å²) < 4.78 is 12.0.